The highest BCUT2D eigenvalue weighted by atomic mass is 79.9. The summed E-state index contributed by atoms with van der Waals surface area (Å²) < 4.78 is 31.8. The van der Waals surface area contributed by atoms with E-state index in [1.165, 1.54) is 0 Å². The van der Waals surface area contributed by atoms with Crippen molar-refractivity contribution in [2.45, 2.75) is 9.96 Å². The molecule has 1 unspecified atom stereocenters. The molecule has 0 radical (unpaired) electrons. The second kappa shape index (κ2) is 2.64. The molecule has 0 aliphatic carbocycles. The van der Waals surface area contributed by atoms with Gasteiger partial charge in [0.2, 0.25) is 3.78 Å². The average Bonchev–Trinajstić information content (AvgIpc) is 1.64. The van der Waals surface area contributed by atoms with Crippen molar-refractivity contribution in [2.24, 2.45) is 0 Å². The second-order valence-electron chi connectivity index (χ2n) is 1.36. The standard InChI is InChI=1S/C3H3BrClF3O/c4-2(5,1-9)3(6,7)8/h9H,1H2. The van der Waals surface area contributed by atoms with E-state index in [0.29, 0.717) is 0 Å². The van der Waals surface area contributed by atoms with Crippen molar-refractivity contribution in [1.82, 2.24) is 0 Å². The fraction of sp³-hybridized carbons (Fsp3) is 1.00. The lowest BCUT2D eigenvalue weighted by Crippen LogP contribution is -2.36. The lowest BCUT2D eigenvalue weighted by atomic mass is 10.4. The molecule has 56 valence electrons. The van der Waals surface area contributed by atoms with Crippen LogP contribution in [0.3, 0.4) is 0 Å². The second-order valence-corrected chi connectivity index (χ2v) is 3.82. The third-order valence-corrected chi connectivity index (χ3v) is 1.65. The SMILES string of the molecule is OCC(Cl)(Br)C(F)(F)F. The highest BCUT2D eigenvalue weighted by molar-refractivity contribution is 9.10. The Balaban J connectivity index is 4.14. The highest BCUT2D eigenvalue weighted by Crippen LogP contribution is 2.40. The minimum atomic E-state index is -4.62. The van der Waals surface area contributed by atoms with Crippen molar-refractivity contribution in [3.8, 4) is 0 Å². The van der Waals surface area contributed by atoms with Crippen molar-refractivity contribution in [1.29, 1.82) is 0 Å². The summed E-state index contributed by atoms with van der Waals surface area (Å²) in [7, 11) is 0. The van der Waals surface area contributed by atoms with Crippen LogP contribution in [0, 0.1) is 0 Å². The van der Waals surface area contributed by atoms with Crippen LogP contribution in [0.15, 0.2) is 0 Å². The van der Waals surface area contributed by atoms with Gasteiger partial charge >= 0.3 is 6.18 Å². The Morgan fingerprint density at radius 3 is 1.78 bits per heavy atom. The number of rotatable bonds is 1. The summed E-state index contributed by atoms with van der Waals surface area (Å²) in [4.78, 5) is 0. The van der Waals surface area contributed by atoms with E-state index in [1.54, 1.807) is 0 Å². The van der Waals surface area contributed by atoms with Crippen LogP contribution in [0.5, 0.6) is 0 Å². The van der Waals surface area contributed by atoms with E-state index in [1.807, 2.05) is 0 Å². The van der Waals surface area contributed by atoms with Crippen molar-refractivity contribution >= 4 is 27.5 Å². The predicted molar refractivity (Wildman–Crippen MR) is 30.7 cm³/mol. The van der Waals surface area contributed by atoms with Crippen LogP contribution in [-0.4, -0.2) is 21.7 Å². The molecule has 1 atom stereocenters. The van der Waals surface area contributed by atoms with Crippen LogP contribution in [0.25, 0.3) is 0 Å². The largest absolute Gasteiger partial charge is 0.419 e. The first-order chi connectivity index (χ1) is 3.81. The Morgan fingerprint density at radius 2 is 1.78 bits per heavy atom. The highest BCUT2D eigenvalue weighted by Gasteiger charge is 2.51. The molecule has 9 heavy (non-hydrogen) atoms. The van der Waals surface area contributed by atoms with E-state index >= 15 is 0 Å². The van der Waals surface area contributed by atoms with Crippen LogP contribution in [-0.2, 0) is 0 Å². The van der Waals surface area contributed by atoms with Crippen LogP contribution >= 0.6 is 27.5 Å². The summed E-state index contributed by atoms with van der Waals surface area (Å²) in [5.74, 6) is 0. The van der Waals surface area contributed by atoms with Gasteiger partial charge in [-0.1, -0.05) is 27.5 Å². The molecular formula is C3H3BrClF3O. The van der Waals surface area contributed by atoms with Gasteiger partial charge in [-0.25, -0.2) is 0 Å². The van der Waals surface area contributed by atoms with Gasteiger partial charge in [0.05, 0.1) is 6.61 Å². The summed E-state index contributed by atoms with van der Waals surface area (Å²) in [6.07, 6.45) is -4.62. The maximum atomic E-state index is 11.5. The van der Waals surface area contributed by atoms with Crippen LogP contribution in [0.2, 0.25) is 0 Å². The molecule has 0 fully saturated rings. The Hall–Kier alpha value is 0.520. The third kappa shape index (κ3) is 2.31. The molecule has 0 bridgehead atoms. The molecule has 0 aromatic rings. The Morgan fingerprint density at radius 1 is 1.44 bits per heavy atom. The smallest absolute Gasteiger partial charge is 0.393 e. The maximum absolute atomic E-state index is 11.5. The zero-order valence-corrected chi connectivity index (χ0v) is 6.39. The lowest BCUT2D eigenvalue weighted by Gasteiger charge is -2.19. The molecule has 0 saturated carbocycles. The summed E-state index contributed by atoms with van der Waals surface area (Å²) >= 11 is 6.83. The van der Waals surface area contributed by atoms with E-state index < -0.39 is 16.6 Å². The number of aliphatic hydroxyl groups is 1. The van der Waals surface area contributed by atoms with E-state index in [2.05, 4.69) is 15.9 Å². The molecule has 0 aromatic heterocycles. The average molecular weight is 227 g/mol. The van der Waals surface area contributed by atoms with Crippen LogP contribution in [0.4, 0.5) is 13.2 Å². The molecule has 0 heterocycles. The van der Waals surface area contributed by atoms with Crippen molar-refractivity contribution in [2.75, 3.05) is 6.61 Å². The van der Waals surface area contributed by atoms with E-state index in [4.69, 9.17) is 16.7 Å². The van der Waals surface area contributed by atoms with Gasteiger partial charge in [-0.3, -0.25) is 0 Å². The molecule has 0 aliphatic rings. The molecule has 0 saturated heterocycles. The lowest BCUT2D eigenvalue weighted by molar-refractivity contribution is -0.144. The Kier molecular flexibility index (Phi) is 2.79. The van der Waals surface area contributed by atoms with Gasteiger partial charge in [-0.2, -0.15) is 13.2 Å². The number of hydrogen-bond acceptors (Lipinski definition) is 1. The predicted octanol–water partition coefficient (Wildman–Crippen LogP) is 1.87. The summed E-state index contributed by atoms with van der Waals surface area (Å²) in [6.45, 7) is -1.18. The first-order valence-electron chi connectivity index (χ1n) is 1.86. The molecule has 0 aromatic carbocycles. The minimum Gasteiger partial charge on any atom is -0.393 e. The first-order valence-corrected chi connectivity index (χ1v) is 3.04. The number of halogens is 5. The summed E-state index contributed by atoms with van der Waals surface area (Å²) in [5.41, 5.74) is 0. The fourth-order valence-electron chi connectivity index (χ4n) is 0.0896. The Labute approximate surface area is 62.9 Å². The number of hydrogen-bond donors (Lipinski definition) is 1. The monoisotopic (exact) mass is 226 g/mol. The molecule has 1 N–H and O–H groups in total. The van der Waals surface area contributed by atoms with Crippen molar-refractivity contribution in [3.63, 3.8) is 0 Å². The van der Waals surface area contributed by atoms with E-state index in [0.717, 1.165) is 0 Å². The third-order valence-electron chi connectivity index (χ3n) is 0.613. The van der Waals surface area contributed by atoms with Crippen molar-refractivity contribution < 1.29 is 18.3 Å². The number of aliphatic hydroxyl groups excluding tert-OH is 1. The van der Waals surface area contributed by atoms with Gasteiger partial charge in [0, 0.05) is 0 Å². The zero-order chi connectivity index (χ0) is 7.71. The van der Waals surface area contributed by atoms with Crippen LogP contribution < -0.4 is 0 Å². The molecule has 6 heteroatoms. The summed E-state index contributed by atoms with van der Waals surface area (Å²) in [6, 6.07) is 0. The molecule has 0 rings (SSSR count). The zero-order valence-electron chi connectivity index (χ0n) is 4.04. The Bertz CT molecular complexity index is 102. The molecule has 0 spiro atoms. The van der Waals surface area contributed by atoms with Gasteiger partial charge in [0.1, 0.15) is 0 Å². The molecule has 1 nitrogen and oxygen atoms in total. The topological polar surface area (TPSA) is 20.2 Å². The quantitative estimate of drug-likeness (QED) is 0.678. The minimum absolute atomic E-state index is 1.18. The molecule has 0 amide bonds. The van der Waals surface area contributed by atoms with Gasteiger partial charge in [-0.05, 0) is 0 Å². The van der Waals surface area contributed by atoms with E-state index in [9.17, 15) is 13.2 Å². The number of alkyl halides is 5. The first kappa shape index (κ1) is 9.52. The van der Waals surface area contributed by atoms with E-state index in [-0.39, 0.29) is 0 Å². The molecule has 0 aliphatic heterocycles. The van der Waals surface area contributed by atoms with Crippen LogP contribution in [0.1, 0.15) is 0 Å². The normalized spacial score (nSPS) is 19.3. The fourth-order valence-corrected chi connectivity index (χ4v) is 0.0896. The van der Waals surface area contributed by atoms with Gasteiger partial charge < -0.3 is 5.11 Å². The van der Waals surface area contributed by atoms with Gasteiger partial charge in [0.15, 0.2) is 0 Å². The summed E-state index contributed by atoms with van der Waals surface area (Å²) in [5, 5.41) is 8.03. The van der Waals surface area contributed by atoms with Gasteiger partial charge in [-0.15, -0.1) is 0 Å². The maximum Gasteiger partial charge on any atom is 0.419 e. The molecular weight excluding hydrogens is 224 g/mol. The van der Waals surface area contributed by atoms with Gasteiger partial charge in [0.25, 0.3) is 0 Å². The van der Waals surface area contributed by atoms with Crippen molar-refractivity contribution in [3.05, 3.63) is 0 Å².